The fourth-order valence-corrected chi connectivity index (χ4v) is 2.81. The van der Waals surface area contributed by atoms with E-state index in [-0.39, 0.29) is 24.1 Å². The molecule has 1 aliphatic rings. The molecule has 0 spiro atoms. The number of rotatable bonds is 5. The zero-order valence-electron chi connectivity index (χ0n) is 13.3. The minimum Gasteiger partial charge on any atom is -0.354 e. The summed E-state index contributed by atoms with van der Waals surface area (Å²) in [5.41, 5.74) is 4.01. The van der Waals surface area contributed by atoms with Crippen LogP contribution in [0.25, 0.3) is 0 Å². The van der Waals surface area contributed by atoms with E-state index in [9.17, 15) is 9.59 Å². The number of nitrogens with one attached hydrogen (secondary N) is 3. The molecule has 0 fully saturated rings. The molecule has 6 heteroatoms. The molecule has 0 unspecified atom stereocenters. The first-order valence-corrected chi connectivity index (χ1v) is 7.43. The van der Waals surface area contributed by atoms with Crippen molar-refractivity contribution in [1.82, 2.24) is 15.6 Å². The Morgan fingerprint density at radius 2 is 2.09 bits per heavy atom. The molecular formula is C16H24ClN3O2. The van der Waals surface area contributed by atoms with E-state index in [1.165, 1.54) is 12.5 Å². The highest BCUT2D eigenvalue weighted by Gasteiger charge is 2.21. The van der Waals surface area contributed by atoms with Crippen molar-refractivity contribution >= 4 is 24.1 Å². The number of carbonyl (C=O) groups excluding carboxylic acids is 2. The highest BCUT2D eigenvalue weighted by molar-refractivity contribution is 6.02. The molecule has 22 heavy (non-hydrogen) atoms. The molecule has 0 radical (unpaired) electrons. The molecule has 0 aromatic carbocycles. The summed E-state index contributed by atoms with van der Waals surface area (Å²) in [6.07, 6.45) is 3.74. The zero-order chi connectivity index (χ0) is 15.4. The molecule has 2 rings (SSSR count). The van der Waals surface area contributed by atoms with Crippen molar-refractivity contribution in [2.45, 2.75) is 33.6 Å². The van der Waals surface area contributed by atoms with E-state index in [1.807, 2.05) is 13.8 Å². The van der Waals surface area contributed by atoms with Crippen molar-refractivity contribution < 1.29 is 9.59 Å². The normalized spacial score (nSPS) is 14.0. The van der Waals surface area contributed by atoms with Gasteiger partial charge in [0.15, 0.2) is 5.78 Å². The van der Waals surface area contributed by atoms with Gasteiger partial charge in [0.05, 0.1) is 0 Å². The highest BCUT2D eigenvalue weighted by atomic mass is 35.5. The number of amides is 1. The summed E-state index contributed by atoms with van der Waals surface area (Å²) in [6.45, 7) is 7.72. The fourth-order valence-electron chi connectivity index (χ4n) is 2.81. The molecule has 1 aliphatic heterocycles. The summed E-state index contributed by atoms with van der Waals surface area (Å²) in [5.74, 6) is -0.136. The van der Waals surface area contributed by atoms with Crippen molar-refractivity contribution in [3.63, 3.8) is 0 Å². The SMILES string of the molecule is CCc1c(C(=O)NCC2=CCNCC2)[nH]c(C)c1C(C)=O.Cl. The molecular weight excluding hydrogens is 302 g/mol. The van der Waals surface area contributed by atoms with E-state index in [2.05, 4.69) is 21.7 Å². The van der Waals surface area contributed by atoms with Crippen LogP contribution in [0.1, 0.15) is 52.4 Å². The molecule has 0 saturated heterocycles. The van der Waals surface area contributed by atoms with Crippen molar-refractivity contribution in [3.8, 4) is 0 Å². The Labute approximate surface area is 137 Å². The van der Waals surface area contributed by atoms with Gasteiger partial charge in [0, 0.05) is 24.3 Å². The lowest BCUT2D eigenvalue weighted by Crippen LogP contribution is -2.30. The van der Waals surface area contributed by atoms with Crippen molar-refractivity contribution in [2.24, 2.45) is 0 Å². The number of halogens is 1. The van der Waals surface area contributed by atoms with Gasteiger partial charge in [0.1, 0.15) is 5.69 Å². The Kier molecular flexibility index (Phi) is 6.84. The van der Waals surface area contributed by atoms with E-state index < -0.39 is 0 Å². The Morgan fingerprint density at radius 1 is 1.36 bits per heavy atom. The van der Waals surface area contributed by atoms with Crippen LogP contribution in [0.3, 0.4) is 0 Å². The van der Waals surface area contributed by atoms with Crippen LogP contribution in [0.2, 0.25) is 0 Å². The number of ketones is 1. The molecule has 0 saturated carbocycles. The summed E-state index contributed by atoms with van der Waals surface area (Å²) in [4.78, 5) is 27.1. The van der Waals surface area contributed by atoms with Crippen molar-refractivity contribution in [3.05, 3.63) is 34.2 Å². The maximum atomic E-state index is 12.4. The van der Waals surface area contributed by atoms with Crippen molar-refractivity contribution in [1.29, 1.82) is 0 Å². The largest absolute Gasteiger partial charge is 0.354 e. The van der Waals surface area contributed by atoms with Gasteiger partial charge in [0.2, 0.25) is 0 Å². The molecule has 0 atom stereocenters. The van der Waals surface area contributed by atoms with Gasteiger partial charge in [-0.25, -0.2) is 0 Å². The summed E-state index contributed by atoms with van der Waals surface area (Å²) in [5, 5.41) is 6.19. The molecule has 122 valence electrons. The van der Waals surface area contributed by atoms with Crippen LogP contribution in [0.15, 0.2) is 11.6 Å². The number of aryl methyl sites for hydroxylation is 1. The lowest BCUT2D eigenvalue weighted by Gasteiger charge is -2.14. The van der Waals surface area contributed by atoms with Gasteiger partial charge in [-0.3, -0.25) is 9.59 Å². The second-order valence-electron chi connectivity index (χ2n) is 5.39. The van der Waals surface area contributed by atoms with E-state index in [0.717, 1.165) is 30.8 Å². The summed E-state index contributed by atoms with van der Waals surface area (Å²) in [6, 6.07) is 0. The molecule has 0 aliphatic carbocycles. The van der Waals surface area contributed by atoms with E-state index >= 15 is 0 Å². The number of hydrogen-bond acceptors (Lipinski definition) is 3. The van der Waals surface area contributed by atoms with Crippen LogP contribution in [0, 0.1) is 6.92 Å². The highest BCUT2D eigenvalue weighted by Crippen LogP contribution is 2.20. The smallest absolute Gasteiger partial charge is 0.268 e. The third-order valence-electron chi connectivity index (χ3n) is 3.86. The van der Waals surface area contributed by atoms with Gasteiger partial charge in [-0.2, -0.15) is 0 Å². The maximum Gasteiger partial charge on any atom is 0.268 e. The maximum absolute atomic E-state index is 12.4. The summed E-state index contributed by atoms with van der Waals surface area (Å²) < 4.78 is 0. The molecule has 0 bridgehead atoms. The van der Waals surface area contributed by atoms with Gasteiger partial charge in [-0.05, 0) is 38.8 Å². The second kappa shape index (κ2) is 8.15. The quantitative estimate of drug-likeness (QED) is 0.573. The van der Waals surface area contributed by atoms with E-state index in [4.69, 9.17) is 0 Å². The average Bonchev–Trinajstić information content (AvgIpc) is 2.82. The monoisotopic (exact) mass is 325 g/mol. The van der Waals surface area contributed by atoms with Crippen LogP contribution in [0.5, 0.6) is 0 Å². The number of aromatic nitrogens is 1. The fraction of sp³-hybridized carbons (Fsp3) is 0.500. The standard InChI is InChI=1S/C16H23N3O2.ClH/c1-4-13-14(11(3)20)10(2)19-15(13)16(21)18-9-12-5-7-17-8-6-12;/h5,17,19H,4,6-9H2,1-3H3,(H,18,21);1H. The first-order chi connectivity index (χ1) is 10.0. The first kappa shape index (κ1) is 18.5. The molecule has 2 heterocycles. The van der Waals surface area contributed by atoms with Gasteiger partial charge in [-0.15, -0.1) is 12.4 Å². The number of Topliss-reactive ketones (excluding diaryl/α,β-unsaturated/α-hetero) is 1. The average molecular weight is 326 g/mol. The van der Waals surface area contributed by atoms with Gasteiger partial charge < -0.3 is 15.6 Å². The predicted octanol–water partition coefficient (Wildman–Crippen LogP) is 2.16. The Hall–Kier alpha value is -1.59. The number of aromatic amines is 1. The van der Waals surface area contributed by atoms with Crippen LogP contribution < -0.4 is 10.6 Å². The van der Waals surface area contributed by atoms with E-state index in [1.54, 1.807) is 0 Å². The minimum absolute atomic E-state index is 0. The molecule has 3 N–H and O–H groups in total. The molecule has 1 amide bonds. The van der Waals surface area contributed by atoms with Crippen LogP contribution >= 0.6 is 12.4 Å². The summed E-state index contributed by atoms with van der Waals surface area (Å²) in [7, 11) is 0. The Balaban J connectivity index is 0.00000242. The third-order valence-corrected chi connectivity index (χ3v) is 3.86. The van der Waals surface area contributed by atoms with Crippen LogP contribution in [0.4, 0.5) is 0 Å². The number of hydrogen-bond donors (Lipinski definition) is 3. The van der Waals surface area contributed by atoms with Crippen LogP contribution in [-0.4, -0.2) is 36.3 Å². The topological polar surface area (TPSA) is 74.0 Å². The lowest BCUT2D eigenvalue weighted by atomic mass is 10.0. The Morgan fingerprint density at radius 3 is 2.64 bits per heavy atom. The van der Waals surface area contributed by atoms with Gasteiger partial charge in [-0.1, -0.05) is 18.6 Å². The van der Waals surface area contributed by atoms with Gasteiger partial charge in [0.25, 0.3) is 5.91 Å². The summed E-state index contributed by atoms with van der Waals surface area (Å²) >= 11 is 0. The number of H-pyrrole nitrogens is 1. The second-order valence-corrected chi connectivity index (χ2v) is 5.39. The van der Waals surface area contributed by atoms with Crippen molar-refractivity contribution in [2.75, 3.05) is 19.6 Å². The van der Waals surface area contributed by atoms with Crippen LogP contribution in [-0.2, 0) is 6.42 Å². The predicted molar refractivity (Wildman–Crippen MR) is 90.1 cm³/mol. The zero-order valence-corrected chi connectivity index (χ0v) is 14.2. The number of carbonyl (C=O) groups is 2. The Bertz CT molecular complexity index is 590. The van der Waals surface area contributed by atoms with Gasteiger partial charge >= 0.3 is 0 Å². The lowest BCUT2D eigenvalue weighted by molar-refractivity contribution is 0.0951. The van der Waals surface area contributed by atoms with E-state index in [0.29, 0.717) is 24.2 Å². The minimum atomic E-state index is -0.137. The third kappa shape index (κ3) is 3.99. The first-order valence-electron chi connectivity index (χ1n) is 7.43. The molecule has 1 aromatic rings. The molecule has 5 nitrogen and oxygen atoms in total. The molecule has 1 aromatic heterocycles.